The average Bonchev–Trinajstić information content (AvgIpc) is 3.72. The molecule has 204 valence electrons. The lowest BCUT2D eigenvalue weighted by Gasteiger charge is -2.14. The van der Waals surface area contributed by atoms with E-state index in [1.807, 2.05) is 62.4 Å². The summed E-state index contributed by atoms with van der Waals surface area (Å²) in [5.74, 6) is 0.649. The van der Waals surface area contributed by atoms with E-state index >= 15 is 0 Å². The molecule has 6 rings (SSSR count). The summed E-state index contributed by atoms with van der Waals surface area (Å²) in [4.78, 5) is 26.4. The van der Waals surface area contributed by atoms with Crippen molar-refractivity contribution in [1.29, 1.82) is 0 Å². The van der Waals surface area contributed by atoms with Gasteiger partial charge in [0.25, 0.3) is 11.8 Å². The van der Waals surface area contributed by atoms with Crippen molar-refractivity contribution in [3.05, 3.63) is 101 Å². The van der Waals surface area contributed by atoms with Gasteiger partial charge in [0.15, 0.2) is 0 Å². The van der Waals surface area contributed by atoms with Gasteiger partial charge in [0.1, 0.15) is 11.5 Å². The van der Waals surface area contributed by atoms with Gasteiger partial charge in [-0.25, -0.2) is 5.01 Å². The summed E-state index contributed by atoms with van der Waals surface area (Å²) < 4.78 is 6.12. The standard InChI is InChI=1S/C30H24ClN7O3/c1-17-5-3-7-21(13-17)32-29(39)25-15-19(9-11-26(25)31)27-12-10-23(41-27)16-24-18(2)35-38(30(24)40)22-8-4-6-20(14-22)28-33-36-37-34-28/h3-15,24H,16H2,1-2H3,(H,32,39)(H,33,34,36,37). The van der Waals surface area contributed by atoms with E-state index in [-0.39, 0.29) is 11.8 Å². The number of hydrazone groups is 1. The van der Waals surface area contributed by atoms with Gasteiger partial charge in [-0.2, -0.15) is 10.3 Å². The molecular weight excluding hydrogens is 542 g/mol. The minimum atomic E-state index is -0.483. The molecule has 11 heteroatoms. The fourth-order valence-corrected chi connectivity index (χ4v) is 4.90. The molecule has 41 heavy (non-hydrogen) atoms. The Balaban J connectivity index is 1.18. The SMILES string of the molecule is CC1=NN(c2cccc(-c3nn[nH]n3)c2)C(=O)C1Cc1ccc(-c2ccc(Cl)c(C(=O)Nc3cccc(C)c3)c2)o1. The largest absolute Gasteiger partial charge is 0.461 e. The van der Waals surface area contributed by atoms with Crippen LogP contribution in [0.25, 0.3) is 22.7 Å². The number of aryl methyl sites for hydroxylation is 1. The molecule has 1 aliphatic heterocycles. The van der Waals surface area contributed by atoms with Crippen molar-refractivity contribution in [3.63, 3.8) is 0 Å². The summed E-state index contributed by atoms with van der Waals surface area (Å²) in [6.45, 7) is 3.78. The molecule has 5 aromatic rings. The molecular formula is C30H24ClN7O3. The number of carbonyl (C=O) groups excluding carboxylic acids is 2. The third kappa shape index (κ3) is 5.37. The van der Waals surface area contributed by atoms with Crippen LogP contribution in [0.1, 0.15) is 28.6 Å². The number of halogens is 1. The van der Waals surface area contributed by atoms with E-state index < -0.39 is 5.92 Å². The number of furan rings is 1. The lowest BCUT2D eigenvalue weighted by atomic mass is 9.99. The number of nitrogens with zero attached hydrogens (tertiary/aromatic N) is 5. The highest BCUT2D eigenvalue weighted by atomic mass is 35.5. The van der Waals surface area contributed by atoms with Crippen LogP contribution in [0.4, 0.5) is 11.4 Å². The lowest BCUT2D eigenvalue weighted by molar-refractivity contribution is -0.119. The van der Waals surface area contributed by atoms with E-state index in [2.05, 4.69) is 31.0 Å². The lowest BCUT2D eigenvalue weighted by Crippen LogP contribution is -2.28. The number of tetrazole rings is 1. The van der Waals surface area contributed by atoms with Gasteiger partial charge in [-0.3, -0.25) is 9.59 Å². The van der Waals surface area contributed by atoms with E-state index in [0.29, 0.717) is 62.6 Å². The zero-order valence-corrected chi connectivity index (χ0v) is 22.9. The Morgan fingerprint density at radius 1 is 1.02 bits per heavy atom. The quantitative estimate of drug-likeness (QED) is 0.252. The zero-order valence-electron chi connectivity index (χ0n) is 22.1. The number of carbonyl (C=O) groups is 2. The number of hydrogen-bond acceptors (Lipinski definition) is 7. The van der Waals surface area contributed by atoms with Gasteiger partial charge in [0, 0.05) is 28.9 Å². The monoisotopic (exact) mass is 565 g/mol. The highest BCUT2D eigenvalue weighted by Gasteiger charge is 2.35. The number of nitrogens with one attached hydrogen (secondary N) is 2. The number of hydrogen-bond donors (Lipinski definition) is 2. The fraction of sp³-hybridized carbons (Fsp3) is 0.133. The Kier molecular flexibility index (Phi) is 6.90. The molecule has 2 aromatic heterocycles. The summed E-state index contributed by atoms with van der Waals surface area (Å²) in [6, 6.07) is 23.6. The molecule has 0 aliphatic carbocycles. The van der Waals surface area contributed by atoms with Gasteiger partial charge < -0.3 is 9.73 Å². The van der Waals surface area contributed by atoms with Crippen molar-refractivity contribution in [1.82, 2.24) is 20.6 Å². The zero-order chi connectivity index (χ0) is 28.5. The van der Waals surface area contributed by atoms with Gasteiger partial charge in [0.2, 0.25) is 5.82 Å². The summed E-state index contributed by atoms with van der Waals surface area (Å²) in [7, 11) is 0. The van der Waals surface area contributed by atoms with Crippen molar-refractivity contribution in [2.45, 2.75) is 20.3 Å². The Morgan fingerprint density at radius 2 is 1.88 bits per heavy atom. The topological polar surface area (TPSA) is 129 Å². The molecule has 0 bridgehead atoms. The molecule has 0 radical (unpaired) electrons. The average molecular weight is 566 g/mol. The van der Waals surface area contributed by atoms with Crippen LogP contribution in [0.2, 0.25) is 5.02 Å². The van der Waals surface area contributed by atoms with Crippen LogP contribution in [0.5, 0.6) is 0 Å². The molecule has 1 aliphatic rings. The molecule has 0 fully saturated rings. The smallest absolute Gasteiger partial charge is 0.257 e. The first-order valence-electron chi connectivity index (χ1n) is 12.9. The number of H-pyrrole nitrogens is 1. The number of rotatable bonds is 7. The molecule has 1 atom stereocenters. The van der Waals surface area contributed by atoms with Crippen LogP contribution < -0.4 is 10.3 Å². The number of benzene rings is 3. The Bertz CT molecular complexity index is 1800. The predicted octanol–water partition coefficient (Wildman–Crippen LogP) is 5.92. The molecule has 2 amide bonds. The Labute approximate surface area is 240 Å². The molecule has 3 heterocycles. The Morgan fingerprint density at radius 3 is 2.68 bits per heavy atom. The van der Waals surface area contributed by atoms with Gasteiger partial charge in [0.05, 0.1) is 22.2 Å². The maximum Gasteiger partial charge on any atom is 0.257 e. The normalized spacial score (nSPS) is 14.8. The molecule has 10 nitrogen and oxygen atoms in total. The highest BCUT2D eigenvalue weighted by molar-refractivity contribution is 6.34. The first kappa shape index (κ1) is 26.1. The molecule has 0 saturated heterocycles. The van der Waals surface area contributed by atoms with Gasteiger partial charge >= 0.3 is 0 Å². The minimum Gasteiger partial charge on any atom is -0.461 e. The summed E-state index contributed by atoms with van der Waals surface area (Å²) in [5.41, 5.74) is 4.74. The van der Waals surface area contributed by atoms with Gasteiger partial charge in [-0.1, -0.05) is 35.9 Å². The first-order chi connectivity index (χ1) is 19.9. The van der Waals surface area contributed by atoms with Crippen molar-refractivity contribution >= 4 is 40.5 Å². The van der Waals surface area contributed by atoms with E-state index in [1.165, 1.54) is 5.01 Å². The van der Waals surface area contributed by atoms with Gasteiger partial charge in [-0.15, -0.1) is 10.2 Å². The third-order valence-corrected chi connectivity index (χ3v) is 7.13. The molecule has 2 N–H and O–H groups in total. The van der Waals surface area contributed by atoms with Crippen molar-refractivity contribution < 1.29 is 14.0 Å². The van der Waals surface area contributed by atoms with E-state index in [4.69, 9.17) is 16.0 Å². The molecule has 3 aromatic carbocycles. The number of aromatic nitrogens is 4. The Hall–Kier alpha value is -5.09. The van der Waals surface area contributed by atoms with E-state index in [1.54, 1.807) is 30.3 Å². The van der Waals surface area contributed by atoms with Crippen LogP contribution in [-0.4, -0.2) is 38.2 Å². The third-order valence-electron chi connectivity index (χ3n) is 6.80. The van der Waals surface area contributed by atoms with Crippen LogP contribution in [0.3, 0.4) is 0 Å². The second-order valence-corrected chi connectivity index (χ2v) is 10.1. The minimum absolute atomic E-state index is 0.160. The highest BCUT2D eigenvalue weighted by Crippen LogP contribution is 2.31. The maximum absolute atomic E-state index is 13.4. The van der Waals surface area contributed by atoms with Crippen LogP contribution >= 0.6 is 11.6 Å². The van der Waals surface area contributed by atoms with Crippen LogP contribution in [0.15, 0.2) is 88.4 Å². The van der Waals surface area contributed by atoms with Crippen molar-refractivity contribution in [2.24, 2.45) is 11.0 Å². The summed E-state index contributed by atoms with van der Waals surface area (Å²) in [6.07, 6.45) is 0.337. The molecule has 1 unspecified atom stereocenters. The first-order valence-corrected chi connectivity index (χ1v) is 13.2. The van der Waals surface area contributed by atoms with Crippen molar-refractivity contribution in [2.75, 3.05) is 10.3 Å². The summed E-state index contributed by atoms with van der Waals surface area (Å²) in [5, 5.41) is 23.2. The second-order valence-electron chi connectivity index (χ2n) is 9.72. The van der Waals surface area contributed by atoms with E-state index in [0.717, 1.165) is 5.56 Å². The van der Waals surface area contributed by atoms with Crippen LogP contribution in [-0.2, 0) is 11.2 Å². The van der Waals surface area contributed by atoms with Crippen molar-refractivity contribution in [3.8, 4) is 22.7 Å². The number of anilines is 2. The van der Waals surface area contributed by atoms with Crippen LogP contribution in [0, 0.1) is 12.8 Å². The van der Waals surface area contributed by atoms with Gasteiger partial charge in [-0.05, 0) is 79.2 Å². The van der Waals surface area contributed by atoms with E-state index in [9.17, 15) is 9.59 Å². The predicted molar refractivity (Wildman–Crippen MR) is 156 cm³/mol. The molecule has 0 spiro atoms. The number of amides is 2. The maximum atomic E-state index is 13.4. The molecule has 0 saturated carbocycles. The summed E-state index contributed by atoms with van der Waals surface area (Å²) >= 11 is 6.37. The second kappa shape index (κ2) is 10.8. The number of aromatic amines is 1. The fourth-order valence-electron chi connectivity index (χ4n) is 4.70.